The fourth-order valence-corrected chi connectivity index (χ4v) is 2.79. The molecule has 0 saturated carbocycles. The second-order valence-electron chi connectivity index (χ2n) is 5.35. The van der Waals surface area contributed by atoms with E-state index in [-0.39, 0.29) is 5.60 Å². The maximum Gasteiger partial charge on any atom is 0.0641 e. The Bertz CT molecular complexity index is 185. The summed E-state index contributed by atoms with van der Waals surface area (Å²) in [6, 6.07) is 0.791. The molecule has 2 nitrogen and oxygen atoms in total. The molecular weight excluding hydrogens is 174 g/mol. The molecule has 0 aromatic heterocycles. The van der Waals surface area contributed by atoms with E-state index in [9.17, 15) is 0 Å². The van der Waals surface area contributed by atoms with E-state index >= 15 is 0 Å². The van der Waals surface area contributed by atoms with Crippen molar-refractivity contribution in [2.75, 3.05) is 19.7 Å². The summed E-state index contributed by atoms with van der Waals surface area (Å²) >= 11 is 0. The molecule has 0 spiro atoms. The molecule has 2 saturated heterocycles. The molecule has 0 aromatic rings. The fourth-order valence-electron chi connectivity index (χ4n) is 2.79. The topological polar surface area (TPSA) is 12.5 Å². The Morgan fingerprint density at radius 2 is 1.86 bits per heavy atom. The van der Waals surface area contributed by atoms with E-state index in [2.05, 4.69) is 18.7 Å². The summed E-state index contributed by atoms with van der Waals surface area (Å²) in [5, 5.41) is 0. The Morgan fingerprint density at radius 1 is 1.14 bits per heavy atom. The van der Waals surface area contributed by atoms with Crippen molar-refractivity contribution < 1.29 is 4.74 Å². The second kappa shape index (κ2) is 4.19. The number of hydrogen-bond acceptors (Lipinski definition) is 2. The molecule has 2 aliphatic heterocycles. The van der Waals surface area contributed by atoms with Crippen LogP contribution in [-0.2, 0) is 4.74 Å². The largest absolute Gasteiger partial charge is 0.375 e. The first-order chi connectivity index (χ1) is 6.67. The number of likely N-dealkylation sites (tertiary alicyclic amines) is 1. The Balaban J connectivity index is 1.89. The average molecular weight is 197 g/mol. The summed E-state index contributed by atoms with van der Waals surface area (Å²) in [4.78, 5) is 2.69. The minimum absolute atomic E-state index is 0.111. The van der Waals surface area contributed by atoms with Crippen LogP contribution in [0.1, 0.15) is 46.0 Å². The molecule has 2 fully saturated rings. The van der Waals surface area contributed by atoms with Crippen LogP contribution < -0.4 is 0 Å². The van der Waals surface area contributed by atoms with Gasteiger partial charge in [0, 0.05) is 12.6 Å². The smallest absolute Gasteiger partial charge is 0.0641 e. The van der Waals surface area contributed by atoms with E-state index in [1.807, 2.05) is 0 Å². The van der Waals surface area contributed by atoms with Gasteiger partial charge in [0.05, 0.1) is 5.60 Å². The number of piperidine rings is 1. The highest BCUT2D eigenvalue weighted by molar-refractivity contribution is 4.85. The standard InChI is InChI=1S/C12H23NO/c1-12(2)10-11(6-9-14-12)13-7-4-3-5-8-13/h11H,3-10H2,1-2H3. The van der Waals surface area contributed by atoms with Crippen LogP contribution in [-0.4, -0.2) is 36.2 Å². The third-order valence-corrected chi connectivity index (χ3v) is 3.58. The van der Waals surface area contributed by atoms with Crippen molar-refractivity contribution in [3.63, 3.8) is 0 Å². The molecule has 2 aliphatic rings. The number of hydrogen-bond donors (Lipinski definition) is 0. The fraction of sp³-hybridized carbons (Fsp3) is 1.00. The molecule has 1 unspecified atom stereocenters. The van der Waals surface area contributed by atoms with Gasteiger partial charge < -0.3 is 9.64 Å². The van der Waals surface area contributed by atoms with Crippen molar-refractivity contribution in [3.05, 3.63) is 0 Å². The van der Waals surface area contributed by atoms with Gasteiger partial charge in [-0.15, -0.1) is 0 Å². The monoisotopic (exact) mass is 197 g/mol. The SMILES string of the molecule is CC1(C)CC(N2CCCCC2)CCO1. The van der Waals surface area contributed by atoms with E-state index in [0.717, 1.165) is 12.6 Å². The highest BCUT2D eigenvalue weighted by Gasteiger charge is 2.32. The maximum atomic E-state index is 5.76. The van der Waals surface area contributed by atoms with Gasteiger partial charge in [0.1, 0.15) is 0 Å². The number of ether oxygens (including phenoxy) is 1. The third kappa shape index (κ3) is 2.48. The van der Waals surface area contributed by atoms with Crippen molar-refractivity contribution in [2.45, 2.75) is 57.6 Å². The molecule has 2 rings (SSSR count). The summed E-state index contributed by atoms with van der Waals surface area (Å²) in [7, 11) is 0. The Kier molecular flexibility index (Phi) is 3.13. The molecular formula is C12H23NO. The first-order valence-corrected chi connectivity index (χ1v) is 6.05. The lowest BCUT2D eigenvalue weighted by molar-refractivity contribution is -0.0852. The first kappa shape index (κ1) is 10.4. The van der Waals surface area contributed by atoms with Crippen LogP contribution in [0.4, 0.5) is 0 Å². The van der Waals surface area contributed by atoms with Crippen molar-refractivity contribution >= 4 is 0 Å². The van der Waals surface area contributed by atoms with Gasteiger partial charge in [0.25, 0.3) is 0 Å². The highest BCUT2D eigenvalue weighted by Crippen LogP contribution is 2.28. The maximum absolute atomic E-state index is 5.76. The predicted molar refractivity (Wildman–Crippen MR) is 58.5 cm³/mol. The molecule has 14 heavy (non-hydrogen) atoms. The number of nitrogens with zero attached hydrogens (tertiary/aromatic N) is 1. The van der Waals surface area contributed by atoms with Gasteiger partial charge in [-0.2, -0.15) is 0 Å². The van der Waals surface area contributed by atoms with Crippen LogP contribution >= 0.6 is 0 Å². The van der Waals surface area contributed by atoms with Crippen molar-refractivity contribution in [1.29, 1.82) is 0 Å². The normalized spacial score (nSPS) is 34.3. The molecule has 0 aromatic carbocycles. The molecule has 2 heteroatoms. The van der Waals surface area contributed by atoms with Gasteiger partial charge >= 0.3 is 0 Å². The van der Waals surface area contributed by atoms with Crippen LogP contribution in [0, 0.1) is 0 Å². The summed E-state index contributed by atoms with van der Waals surface area (Å²) < 4.78 is 5.76. The molecule has 0 amide bonds. The van der Waals surface area contributed by atoms with Gasteiger partial charge in [-0.3, -0.25) is 0 Å². The first-order valence-electron chi connectivity index (χ1n) is 6.05. The predicted octanol–water partition coefficient (Wildman–Crippen LogP) is 2.43. The lowest BCUT2D eigenvalue weighted by atomic mass is 9.91. The molecule has 0 bridgehead atoms. The van der Waals surface area contributed by atoms with E-state index < -0.39 is 0 Å². The summed E-state index contributed by atoms with van der Waals surface area (Å²) in [6.07, 6.45) is 6.69. The lowest BCUT2D eigenvalue weighted by Crippen LogP contribution is -2.47. The molecule has 0 radical (unpaired) electrons. The minimum atomic E-state index is 0.111. The van der Waals surface area contributed by atoms with Crippen LogP contribution in [0.2, 0.25) is 0 Å². The Hall–Kier alpha value is -0.0800. The van der Waals surface area contributed by atoms with E-state index in [1.54, 1.807) is 0 Å². The molecule has 2 heterocycles. The van der Waals surface area contributed by atoms with Gasteiger partial charge in [0.15, 0.2) is 0 Å². The Morgan fingerprint density at radius 3 is 2.50 bits per heavy atom. The summed E-state index contributed by atoms with van der Waals surface area (Å²) in [6.45, 7) is 8.04. The highest BCUT2D eigenvalue weighted by atomic mass is 16.5. The summed E-state index contributed by atoms with van der Waals surface area (Å²) in [5.74, 6) is 0. The molecule has 1 atom stereocenters. The van der Waals surface area contributed by atoms with E-state index in [1.165, 1.54) is 45.2 Å². The summed E-state index contributed by atoms with van der Waals surface area (Å²) in [5.41, 5.74) is 0.111. The van der Waals surface area contributed by atoms with Crippen molar-refractivity contribution in [2.24, 2.45) is 0 Å². The van der Waals surface area contributed by atoms with Crippen molar-refractivity contribution in [1.82, 2.24) is 4.90 Å². The Labute approximate surface area is 87.6 Å². The minimum Gasteiger partial charge on any atom is -0.375 e. The van der Waals surface area contributed by atoms with Crippen LogP contribution in [0.15, 0.2) is 0 Å². The van der Waals surface area contributed by atoms with E-state index in [0.29, 0.717) is 0 Å². The molecule has 0 N–H and O–H groups in total. The van der Waals surface area contributed by atoms with Gasteiger partial charge in [0.2, 0.25) is 0 Å². The molecule has 82 valence electrons. The lowest BCUT2D eigenvalue weighted by Gasteiger charge is -2.42. The molecule has 0 aliphatic carbocycles. The zero-order chi connectivity index (χ0) is 10.0. The third-order valence-electron chi connectivity index (χ3n) is 3.58. The van der Waals surface area contributed by atoms with Crippen molar-refractivity contribution in [3.8, 4) is 0 Å². The van der Waals surface area contributed by atoms with Crippen LogP contribution in [0.5, 0.6) is 0 Å². The zero-order valence-electron chi connectivity index (χ0n) is 9.59. The van der Waals surface area contributed by atoms with Crippen LogP contribution in [0.25, 0.3) is 0 Å². The quantitative estimate of drug-likeness (QED) is 0.640. The van der Waals surface area contributed by atoms with Gasteiger partial charge in [-0.05, 0) is 52.6 Å². The number of rotatable bonds is 1. The van der Waals surface area contributed by atoms with Crippen LogP contribution in [0.3, 0.4) is 0 Å². The van der Waals surface area contributed by atoms with Gasteiger partial charge in [-0.25, -0.2) is 0 Å². The van der Waals surface area contributed by atoms with Gasteiger partial charge in [-0.1, -0.05) is 6.42 Å². The zero-order valence-corrected chi connectivity index (χ0v) is 9.59. The van der Waals surface area contributed by atoms with E-state index in [4.69, 9.17) is 4.74 Å². The second-order valence-corrected chi connectivity index (χ2v) is 5.35. The average Bonchev–Trinajstić information content (AvgIpc) is 2.18.